The highest BCUT2D eigenvalue weighted by Gasteiger charge is 2.31. The van der Waals surface area contributed by atoms with E-state index in [2.05, 4.69) is 5.32 Å². The Kier molecular flexibility index (Phi) is 9.62. The van der Waals surface area contributed by atoms with Gasteiger partial charge in [0.05, 0.1) is 16.9 Å². The molecule has 1 aliphatic carbocycles. The largest absolute Gasteiger partial charge is 0.352 e. The van der Waals surface area contributed by atoms with Gasteiger partial charge < -0.3 is 10.2 Å². The van der Waals surface area contributed by atoms with Crippen LogP contribution in [0.25, 0.3) is 0 Å². The minimum absolute atomic E-state index is 0.00682. The summed E-state index contributed by atoms with van der Waals surface area (Å²) in [4.78, 5) is 38.7. The van der Waals surface area contributed by atoms with Crippen LogP contribution in [0.1, 0.15) is 44.6 Å². The lowest BCUT2D eigenvalue weighted by Gasteiger charge is -2.33. The number of nitrogens with one attached hydrogen (secondary N) is 1. The van der Waals surface area contributed by atoms with Crippen LogP contribution in [0.3, 0.4) is 0 Å². The lowest BCUT2D eigenvalue weighted by molar-refractivity contribution is -0.384. The van der Waals surface area contributed by atoms with E-state index >= 15 is 0 Å². The van der Waals surface area contributed by atoms with Gasteiger partial charge in [-0.15, -0.1) is 0 Å². The molecule has 0 aliphatic heterocycles. The van der Waals surface area contributed by atoms with Crippen molar-refractivity contribution < 1.29 is 22.9 Å². The van der Waals surface area contributed by atoms with Crippen LogP contribution in [-0.2, 0) is 26.0 Å². The highest BCUT2D eigenvalue weighted by molar-refractivity contribution is 7.92. The van der Waals surface area contributed by atoms with Gasteiger partial charge in [-0.25, -0.2) is 8.42 Å². The molecule has 2 amide bonds. The second-order valence-corrected chi connectivity index (χ2v) is 11.3. The van der Waals surface area contributed by atoms with Crippen molar-refractivity contribution in [3.8, 4) is 0 Å². The second-order valence-electron chi connectivity index (χ2n) is 9.39. The molecule has 0 heterocycles. The monoisotopic (exact) mass is 530 g/mol. The molecule has 200 valence electrons. The van der Waals surface area contributed by atoms with Gasteiger partial charge in [-0.3, -0.25) is 24.0 Å². The molecular formula is C26H34N4O6S. The highest BCUT2D eigenvalue weighted by Crippen LogP contribution is 2.24. The lowest BCUT2D eigenvalue weighted by Crippen LogP contribution is -2.53. The number of non-ortho nitro benzene ring substituents is 1. The summed E-state index contributed by atoms with van der Waals surface area (Å²) in [5.74, 6) is -0.853. The summed E-state index contributed by atoms with van der Waals surface area (Å²) in [5, 5.41) is 14.3. The minimum atomic E-state index is -3.96. The van der Waals surface area contributed by atoms with Gasteiger partial charge in [-0.2, -0.15) is 0 Å². The first kappa shape index (κ1) is 28.1. The molecule has 0 unspecified atom stereocenters. The maximum atomic E-state index is 13.6. The van der Waals surface area contributed by atoms with Crippen molar-refractivity contribution in [1.29, 1.82) is 0 Å². The lowest BCUT2D eigenvalue weighted by atomic mass is 9.95. The SMILES string of the molecule is C[C@H](C(=O)NC1CCCCC1)N(CCc1ccccc1)C(=O)CN(c1cccc([N+](=O)[O-])c1)S(C)(=O)=O. The molecule has 1 fully saturated rings. The first-order valence-corrected chi connectivity index (χ1v) is 14.3. The number of nitro benzene ring substituents is 1. The predicted octanol–water partition coefficient (Wildman–Crippen LogP) is 3.27. The predicted molar refractivity (Wildman–Crippen MR) is 142 cm³/mol. The van der Waals surface area contributed by atoms with Crippen LogP contribution in [0.2, 0.25) is 0 Å². The van der Waals surface area contributed by atoms with Crippen molar-refractivity contribution in [3.05, 3.63) is 70.3 Å². The van der Waals surface area contributed by atoms with Gasteiger partial charge in [-0.05, 0) is 37.8 Å². The molecular weight excluding hydrogens is 496 g/mol. The maximum Gasteiger partial charge on any atom is 0.271 e. The van der Waals surface area contributed by atoms with E-state index in [1.165, 1.54) is 23.1 Å². The van der Waals surface area contributed by atoms with E-state index in [9.17, 15) is 28.1 Å². The van der Waals surface area contributed by atoms with Crippen molar-refractivity contribution in [2.45, 2.75) is 57.5 Å². The Morgan fingerprint density at radius 2 is 1.76 bits per heavy atom. The number of amides is 2. The Bertz CT molecular complexity index is 1200. The Morgan fingerprint density at radius 3 is 2.38 bits per heavy atom. The molecule has 3 rings (SSSR count). The molecule has 0 aromatic heterocycles. The number of nitrogens with zero attached hydrogens (tertiary/aromatic N) is 3. The molecule has 1 atom stereocenters. The summed E-state index contributed by atoms with van der Waals surface area (Å²) >= 11 is 0. The van der Waals surface area contributed by atoms with Crippen LogP contribution in [0.15, 0.2) is 54.6 Å². The van der Waals surface area contributed by atoms with E-state index in [0.717, 1.165) is 54.3 Å². The Labute approximate surface area is 217 Å². The summed E-state index contributed by atoms with van der Waals surface area (Å²) in [6, 6.07) is 13.8. The topological polar surface area (TPSA) is 130 Å². The first-order chi connectivity index (χ1) is 17.6. The molecule has 11 heteroatoms. The number of anilines is 1. The third kappa shape index (κ3) is 8.01. The number of carbonyl (C=O) groups is 2. The van der Waals surface area contributed by atoms with Crippen molar-refractivity contribution in [2.24, 2.45) is 0 Å². The fourth-order valence-electron chi connectivity index (χ4n) is 4.51. The third-order valence-corrected chi connectivity index (χ3v) is 7.75. The number of nitro groups is 1. The van der Waals surface area contributed by atoms with E-state index in [1.807, 2.05) is 30.3 Å². The van der Waals surface area contributed by atoms with Gasteiger partial charge in [0.25, 0.3) is 5.69 Å². The standard InChI is InChI=1S/C26H34N4O6S/c1-20(26(32)27-22-12-7-4-8-13-22)28(17-16-21-10-5-3-6-11-21)25(31)19-29(37(2,35)36)23-14-9-15-24(18-23)30(33)34/h3,5-6,9-11,14-15,18,20,22H,4,7-8,12-13,16-17,19H2,1-2H3,(H,27,32)/t20-/m1/s1. The van der Waals surface area contributed by atoms with Crippen LogP contribution in [0.5, 0.6) is 0 Å². The summed E-state index contributed by atoms with van der Waals surface area (Å²) in [6.45, 7) is 1.25. The summed E-state index contributed by atoms with van der Waals surface area (Å²) in [6.07, 6.45) is 6.43. The van der Waals surface area contributed by atoms with Crippen LogP contribution in [-0.4, -0.2) is 61.5 Å². The third-order valence-electron chi connectivity index (χ3n) is 6.61. The molecule has 1 aliphatic rings. The highest BCUT2D eigenvalue weighted by atomic mass is 32.2. The number of rotatable bonds is 11. The summed E-state index contributed by atoms with van der Waals surface area (Å²) in [7, 11) is -3.96. The number of sulfonamides is 1. The van der Waals surface area contributed by atoms with E-state index in [4.69, 9.17) is 0 Å². The van der Waals surface area contributed by atoms with Crippen LogP contribution in [0.4, 0.5) is 11.4 Å². The van der Waals surface area contributed by atoms with Crippen molar-refractivity contribution >= 4 is 33.2 Å². The van der Waals surface area contributed by atoms with Gasteiger partial charge in [-0.1, -0.05) is 55.7 Å². The van der Waals surface area contributed by atoms with Crippen molar-refractivity contribution in [2.75, 3.05) is 23.7 Å². The van der Waals surface area contributed by atoms with Gasteiger partial charge in [0.1, 0.15) is 12.6 Å². The molecule has 0 radical (unpaired) electrons. The second kappa shape index (κ2) is 12.7. The molecule has 0 bridgehead atoms. The maximum absolute atomic E-state index is 13.6. The molecule has 0 spiro atoms. The zero-order valence-electron chi connectivity index (χ0n) is 21.2. The Morgan fingerprint density at radius 1 is 1.08 bits per heavy atom. The number of hydrogen-bond acceptors (Lipinski definition) is 6. The molecule has 0 saturated heterocycles. The molecule has 1 saturated carbocycles. The van der Waals surface area contributed by atoms with E-state index < -0.39 is 33.4 Å². The van der Waals surface area contributed by atoms with Crippen LogP contribution in [0, 0.1) is 10.1 Å². The molecule has 1 N–H and O–H groups in total. The smallest absolute Gasteiger partial charge is 0.271 e. The molecule has 37 heavy (non-hydrogen) atoms. The number of carbonyl (C=O) groups excluding carboxylic acids is 2. The fraction of sp³-hybridized carbons (Fsp3) is 0.462. The van der Waals surface area contributed by atoms with E-state index in [-0.39, 0.29) is 29.9 Å². The zero-order chi connectivity index (χ0) is 27.0. The van der Waals surface area contributed by atoms with Gasteiger partial charge in [0, 0.05) is 24.7 Å². The number of hydrogen-bond donors (Lipinski definition) is 1. The normalized spacial score (nSPS) is 15.0. The molecule has 2 aromatic rings. The Balaban J connectivity index is 1.84. The van der Waals surface area contributed by atoms with E-state index in [0.29, 0.717) is 6.42 Å². The molecule has 2 aromatic carbocycles. The quantitative estimate of drug-likeness (QED) is 0.351. The Hall–Kier alpha value is -3.47. The van der Waals surface area contributed by atoms with Crippen LogP contribution >= 0.6 is 0 Å². The van der Waals surface area contributed by atoms with Gasteiger partial charge in [0.15, 0.2) is 0 Å². The minimum Gasteiger partial charge on any atom is -0.352 e. The zero-order valence-corrected chi connectivity index (χ0v) is 22.0. The summed E-state index contributed by atoms with van der Waals surface area (Å²) < 4.78 is 26.1. The fourth-order valence-corrected chi connectivity index (χ4v) is 5.36. The summed E-state index contributed by atoms with van der Waals surface area (Å²) in [5.41, 5.74) is 0.686. The van der Waals surface area contributed by atoms with Crippen LogP contribution < -0.4 is 9.62 Å². The van der Waals surface area contributed by atoms with Crippen molar-refractivity contribution in [1.82, 2.24) is 10.2 Å². The molecule has 10 nitrogen and oxygen atoms in total. The van der Waals surface area contributed by atoms with Crippen molar-refractivity contribution in [3.63, 3.8) is 0 Å². The average molecular weight is 531 g/mol. The van der Waals surface area contributed by atoms with Gasteiger partial charge >= 0.3 is 0 Å². The first-order valence-electron chi connectivity index (χ1n) is 12.4. The number of benzene rings is 2. The van der Waals surface area contributed by atoms with E-state index in [1.54, 1.807) is 6.92 Å². The van der Waals surface area contributed by atoms with Gasteiger partial charge in [0.2, 0.25) is 21.8 Å². The average Bonchev–Trinajstić information content (AvgIpc) is 2.87.